The Labute approximate surface area is 384 Å². The zero-order valence-electron chi connectivity index (χ0n) is 37.1. The number of likely N-dealkylation sites (tertiary alicyclic amines) is 1. The monoisotopic (exact) mass is 858 g/mol. The molecule has 5 aromatic carbocycles. The average molecular weight is 859 g/mol. The average Bonchev–Trinajstić information content (AvgIpc) is 3.97. The number of nitrogens with zero attached hydrogens (tertiary/aromatic N) is 3. The fourth-order valence-corrected chi connectivity index (χ4v) is 9.37. The number of fused-ring (bicyclic) bond motifs is 3. The van der Waals surface area contributed by atoms with Crippen LogP contribution in [0.15, 0.2) is 207 Å². The van der Waals surface area contributed by atoms with Crippen molar-refractivity contribution in [1.82, 2.24) is 20.2 Å². The fourth-order valence-electron chi connectivity index (χ4n) is 9.37. The van der Waals surface area contributed by atoms with Gasteiger partial charge in [-0.25, -0.2) is 9.78 Å². The summed E-state index contributed by atoms with van der Waals surface area (Å²) >= 11 is 0. The Bertz CT molecular complexity index is 2610. The van der Waals surface area contributed by atoms with Gasteiger partial charge in [-0.2, -0.15) is 0 Å². The van der Waals surface area contributed by atoms with Crippen LogP contribution in [0.2, 0.25) is 0 Å². The Balaban J connectivity index is 0.000000753. The predicted octanol–water partition coefficient (Wildman–Crippen LogP) is 11.9. The molecule has 1 aliphatic carbocycles. The molecule has 0 bridgehead atoms. The number of pyridine rings is 2. The highest BCUT2D eigenvalue weighted by atomic mass is 16.5. The molecule has 2 aromatic heterocycles. The Kier molecular flexibility index (Phi) is 14.5. The highest BCUT2D eigenvalue weighted by Gasteiger charge is 2.34. The van der Waals surface area contributed by atoms with Crippen molar-refractivity contribution in [2.24, 2.45) is 0 Å². The van der Waals surface area contributed by atoms with Crippen LogP contribution < -0.4 is 16.4 Å². The number of anilines is 2. The molecule has 0 saturated carbocycles. The van der Waals surface area contributed by atoms with E-state index < -0.39 is 6.09 Å². The van der Waals surface area contributed by atoms with Crippen LogP contribution in [-0.2, 0) is 17.6 Å². The number of ether oxygens (including phenoxy) is 1. The molecular formula is C57H58N6O2. The van der Waals surface area contributed by atoms with E-state index >= 15 is 0 Å². The van der Waals surface area contributed by atoms with Gasteiger partial charge in [0.15, 0.2) is 0 Å². The van der Waals surface area contributed by atoms with Crippen LogP contribution in [0.1, 0.15) is 71.0 Å². The molecule has 7 aromatic rings. The number of nitrogen functional groups attached to an aromatic ring is 1. The minimum Gasteiger partial charge on any atom is -0.449 e. The van der Waals surface area contributed by atoms with Crippen LogP contribution >= 0.6 is 0 Å². The van der Waals surface area contributed by atoms with Crippen molar-refractivity contribution in [3.63, 3.8) is 0 Å². The molecule has 65 heavy (non-hydrogen) atoms. The summed E-state index contributed by atoms with van der Waals surface area (Å²) < 4.78 is 6.05. The summed E-state index contributed by atoms with van der Waals surface area (Å²) in [5, 5.41) is 7.00. The van der Waals surface area contributed by atoms with Crippen molar-refractivity contribution in [3.8, 4) is 11.1 Å². The number of alkyl carbamates (subject to hydrolysis) is 1. The number of carbonyl (C=O) groups is 1. The molecule has 8 nitrogen and oxygen atoms in total. The molecule has 1 saturated heterocycles. The maximum atomic E-state index is 13.7. The number of amides is 1. The summed E-state index contributed by atoms with van der Waals surface area (Å²) in [7, 11) is 0. The standard InChI is InChI=1S/C52H52N4O2.C5H6N2/c1-36(40-21-8-5-9-22-40)46(49-29-16-17-31-53-49)34-41-23-10-15-28-48(41)54-37(2)51-30-18-32-56(51)38(3)50(33-39-19-6-4-7-20-39)55-52(57)58-35-47-44-26-13-11-24-42(44)43-25-12-14-27-45(43)47;6-5-3-1-2-4-7-5/h4-17,19-29,31,36,46-47,50-51,54H,2-3,18,30,32-35H2,1H3,(H,55,57);1-4H,(H2,6,7)/t36?,46-,50?,51?;/m0./s1. The number of hydrogen-bond donors (Lipinski definition) is 3. The summed E-state index contributed by atoms with van der Waals surface area (Å²) in [5.41, 5.74) is 17.5. The second kappa shape index (κ2) is 21.3. The normalized spacial score (nSPS) is 15.3. The summed E-state index contributed by atoms with van der Waals surface area (Å²) in [5.74, 6) is 0.981. The van der Waals surface area contributed by atoms with E-state index in [9.17, 15) is 4.79 Å². The number of aromatic nitrogens is 2. The first kappa shape index (κ1) is 44.2. The second-order valence-corrected chi connectivity index (χ2v) is 16.9. The van der Waals surface area contributed by atoms with E-state index in [0.717, 1.165) is 54.1 Å². The number of nitrogens with one attached hydrogen (secondary N) is 2. The van der Waals surface area contributed by atoms with E-state index in [0.29, 0.717) is 12.2 Å². The van der Waals surface area contributed by atoms with Gasteiger partial charge in [-0.15, -0.1) is 0 Å². The van der Waals surface area contributed by atoms with Crippen molar-refractivity contribution >= 4 is 17.6 Å². The van der Waals surface area contributed by atoms with E-state index in [1.807, 2.05) is 42.6 Å². The molecule has 328 valence electrons. The molecule has 1 fully saturated rings. The van der Waals surface area contributed by atoms with Crippen LogP contribution in [0.25, 0.3) is 11.1 Å². The lowest BCUT2D eigenvalue weighted by Crippen LogP contribution is -2.45. The third-order valence-corrected chi connectivity index (χ3v) is 12.8. The molecule has 1 aliphatic heterocycles. The zero-order chi connectivity index (χ0) is 45.0. The molecule has 8 heteroatoms. The first-order chi connectivity index (χ1) is 31.8. The van der Waals surface area contributed by atoms with Gasteiger partial charge >= 0.3 is 6.09 Å². The van der Waals surface area contributed by atoms with Gasteiger partial charge < -0.3 is 26.0 Å². The van der Waals surface area contributed by atoms with E-state index in [1.165, 1.54) is 33.4 Å². The first-order valence-corrected chi connectivity index (χ1v) is 22.6. The summed E-state index contributed by atoms with van der Waals surface area (Å²) in [6.07, 6.45) is 6.43. The molecule has 1 amide bonds. The minimum absolute atomic E-state index is 0.00188. The van der Waals surface area contributed by atoms with Crippen LogP contribution in [0.4, 0.5) is 16.3 Å². The van der Waals surface area contributed by atoms with Gasteiger partial charge in [0, 0.05) is 53.5 Å². The molecule has 4 N–H and O–H groups in total. The smallest absolute Gasteiger partial charge is 0.407 e. The van der Waals surface area contributed by atoms with E-state index in [4.69, 9.17) is 15.5 Å². The lowest BCUT2D eigenvalue weighted by atomic mass is 9.80. The summed E-state index contributed by atoms with van der Waals surface area (Å²) in [4.78, 5) is 24.6. The third-order valence-electron chi connectivity index (χ3n) is 12.8. The van der Waals surface area contributed by atoms with E-state index in [1.54, 1.807) is 12.3 Å². The number of hydrogen-bond acceptors (Lipinski definition) is 7. The Morgan fingerprint density at radius 1 is 0.738 bits per heavy atom. The highest BCUT2D eigenvalue weighted by molar-refractivity contribution is 5.79. The van der Waals surface area contributed by atoms with Crippen molar-refractivity contribution in [3.05, 3.63) is 240 Å². The van der Waals surface area contributed by atoms with Crippen LogP contribution in [0.5, 0.6) is 0 Å². The van der Waals surface area contributed by atoms with Crippen LogP contribution in [-0.4, -0.2) is 46.2 Å². The molecule has 0 radical (unpaired) electrons. The molecular weight excluding hydrogens is 801 g/mol. The van der Waals surface area contributed by atoms with Gasteiger partial charge in [0.2, 0.25) is 0 Å². The lowest BCUT2D eigenvalue weighted by Gasteiger charge is -2.35. The van der Waals surface area contributed by atoms with Crippen molar-refractivity contribution in [1.29, 1.82) is 0 Å². The number of rotatable bonds is 15. The molecule has 4 atom stereocenters. The molecule has 9 rings (SSSR count). The third kappa shape index (κ3) is 10.8. The molecule has 3 unspecified atom stereocenters. The van der Waals surface area contributed by atoms with Crippen molar-refractivity contribution in [2.45, 2.75) is 62.4 Å². The Hall–Kier alpha value is -7.45. The van der Waals surface area contributed by atoms with Gasteiger partial charge in [-0.05, 0) is 101 Å². The van der Waals surface area contributed by atoms with Gasteiger partial charge in [0.05, 0.1) is 12.1 Å². The first-order valence-electron chi connectivity index (χ1n) is 22.6. The topological polar surface area (TPSA) is 105 Å². The van der Waals surface area contributed by atoms with E-state index in [-0.39, 0.29) is 36.4 Å². The number of para-hydroxylation sites is 1. The predicted molar refractivity (Wildman–Crippen MR) is 264 cm³/mol. The quantitative estimate of drug-likeness (QED) is 0.0943. The molecule has 0 spiro atoms. The SMILES string of the molecule is C=C(Nc1ccccc1C[C@H](c1ccccn1)C(C)c1ccccc1)C1CCCN1C(=C)C(Cc1ccccc1)NC(=O)OCC1c2ccccc2-c2ccccc21.Nc1ccccn1. The number of carbonyl (C=O) groups excluding carboxylic acids is 1. The maximum absolute atomic E-state index is 13.7. The van der Waals surface area contributed by atoms with Crippen LogP contribution in [0, 0.1) is 0 Å². The fraction of sp³-hybridized carbons (Fsp3) is 0.211. The maximum Gasteiger partial charge on any atom is 0.407 e. The summed E-state index contributed by atoms with van der Waals surface area (Å²) in [6.45, 7) is 12.6. The van der Waals surface area contributed by atoms with E-state index in [2.05, 4.69) is 168 Å². The number of nitrogens with two attached hydrogens (primary N) is 1. The largest absolute Gasteiger partial charge is 0.449 e. The molecule has 3 heterocycles. The van der Waals surface area contributed by atoms with Crippen molar-refractivity contribution in [2.75, 3.05) is 24.2 Å². The molecule has 2 aliphatic rings. The van der Waals surface area contributed by atoms with Gasteiger partial charge in [0.1, 0.15) is 12.4 Å². The van der Waals surface area contributed by atoms with Gasteiger partial charge in [-0.3, -0.25) is 4.98 Å². The Morgan fingerprint density at radius 3 is 2.00 bits per heavy atom. The lowest BCUT2D eigenvalue weighted by molar-refractivity contribution is 0.138. The second-order valence-electron chi connectivity index (χ2n) is 16.9. The Morgan fingerprint density at radius 2 is 1.35 bits per heavy atom. The number of benzene rings is 5. The van der Waals surface area contributed by atoms with Gasteiger partial charge in [0.25, 0.3) is 0 Å². The highest BCUT2D eigenvalue weighted by Crippen LogP contribution is 2.44. The zero-order valence-corrected chi connectivity index (χ0v) is 37.1. The van der Waals surface area contributed by atoms with Gasteiger partial charge in [-0.1, -0.05) is 160 Å². The van der Waals surface area contributed by atoms with Crippen LogP contribution in [0.3, 0.4) is 0 Å². The summed E-state index contributed by atoms with van der Waals surface area (Å²) in [6, 6.07) is 57.6. The van der Waals surface area contributed by atoms with Crippen molar-refractivity contribution < 1.29 is 9.53 Å². The minimum atomic E-state index is -0.447.